The minimum atomic E-state index is -1.03. The number of hydrogen-bond acceptors (Lipinski definition) is 4. The summed E-state index contributed by atoms with van der Waals surface area (Å²) in [5.41, 5.74) is 4.85. The van der Waals surface area contributed by atoms with Crippen molar-refractivity contribution >= 4 is 11.9 Å². The molecule has 1 saturated carbocycles. The normalized spacial score (nSPS) is 31.0. The fourth-order valence-corrected chi connectivity index (χ4v) is 1.33. The van der Waals surface area contributed by atoms with Crippen molar-refractivity contribution in [2.45, 2.75) is 32.4 Å². The highest BCUT2D eigenvalue weighted by atomic mass is 16.6. The molecule has 0 aromatic heterocycles. The lowest BCUT2D eigenvalue weighted by Gasteiger charge is -2.19. The molecule has 1 aliphatic rings. The Bertz CT molecular complexity index is 268. The van der Waals surface area contributed by atoms with Gasteiger partial charge in [-0.3, -0.25) is 9.59 Å². The maximum atomic E-state index is 11.4. The van der Waals surface area contributed by atoms with Gasteiger partial charge in [0.1, 0.15) is 5.60 Å². The molecule has 14 heavy (non-hydrogen) atoms. The van der Waals surface area contributed by atoms with Crippen LogP contribution in [0.15, 0.2) is 0 Å². The monoisotopic (exact) mass is 201 g/mol. The molecule has 5 heteroatoms. The van der Waals surface area contributed by atoms with Crippen LogP contribution in [0.5, 0.6) is 0 Å². The van der Waals surface area contributed by atoms with Gasteiger partial charge in [0.2, 0.25) is 0 Å². The number of ether oxygens (including phenoxy) is 1. The quantitative estimate of drug-likeness (QED) is 0.613. The summed E-state index contributed by atoms with van der Waals surface area (Å²) in [6.07, 6.45) is 0. The SMILES string of the molecule is CC(C)(C)OC(=O)C1C(N)C1C(=O)O. The molecular formula is C9H15NO4. The van der Waals surface area contributed by atoms with Gasteiger partial charge in [-0.1, -0.05) is 0 Å². The van der Waals surface area contributed by atoms with E-state index in [0.717, 1.165) is 0 Å². The Morgan fingerprint density at radius 3 is 2.07 bits per heavy atom. The van der Waals surface area contributed by atoms with Crippen LogP contribution in [0.4, 0.5) is 0 Å². The highest BCUT2D eigenvalue weighted by Gasteiger charge is 2.58. The number of carboxylic acid groups (broad SMARTS) is 1. The third-order valence-electron chi connectivity index (χ3n) is 2.04. The highest BCUT2D eigenvalue weighted by molar-refractivity contribution is 5.88. The molecule has 1 aliphatic carbocycles. The number of aliphatic carboxylic acids is 1. The topological polar surface area (TPSA) is 89.6 Å². The molecule has 0 amide bonds. The molecule has 0 aromatic carbocycles. The average molecular weight is 201 g/mol. The summed E-state index contributed by atoms with van der Waals surface area (Å²) >= 11 is 0. The highest BCUT2D eigenvalue weighted by Crippen LogP contribution is 2.39. The first-order valence-electron chi connectivity index (χ1n) is 4.45. The predicted octanol–water partition coefficient (Wildman–Crippen LogP) is -0.0140. The smallest absolute Gasteiger partial charge is 0.312 e. The van der Waals surface area contributed by atoms with Gasteiger partial charge in [-0.2, -0.15) is 0 Å². The maximum absolute atomic E-state index is 11.4. The van der Waals surface area contributed by atoms with Crippen LogP contribution in [-0.2, 0) is 14.3 Å². The van der Waals surface area contributed by atoms with Gasteiger partial charge in [0.05, 0.1) is 11.8 Å². The standard InChI is InChI=1S/C9H15NO4/c1-9(2,3)14-8(13)5-4(6(5)10)7(11)12/h4-6H,10H2,1-3H3,(H,11,12). The number of rotatable bonds is 2. The Labute approximate surface area is 82.2 Å². The van der Waals surface area contributed by atoms with Crippen LogP contribution in [0.25, 0.3) is 0 Å². The van der Waals surface area contributed by atoms with Gasteiger partial charge in [0.15, 0.2) is 0 Å². The summed E-state index contributed by atoms with van der Waals surface area (Å²) in [6.45, 7) is 5.19. The van der Waals surface area contributed by atoms with E-state index in [1.54, 1.807) is 20.8 Å². The Balaban J connectivity index is 2.54. The molecule has 0 aliphatic heterocycles. The summed E-state index contributed by atoms with van der Waals surface area (Å²) in [5, 5.41) is 8.65. The van der Waals surface area contributed by atoms with Crippen LogP contribution in [0, 0.1) is 11.8 Å². The van der Waals surface area contributed by atoms with Gasteiger partial charge in [-0.25, -0.2) is 0 Å². The van der Waals surface area contributed by atoms with E-state index < -0.39 is 35.4 Å². The Morgan fingerprint density at radius 2 is 1.79 bits per heavy atom. The molecule has 0 radical (unpaired) electrons. The van der Waals surface area contributed by atoms with E-state index in [4.69, 9.17) is 15.6 Å². The van der Waals surface area contributed by atoms with E-state index >= 15 is 0 Å². The van der Waals surface area contributed by atoms with Gasteiger partial charge in [0.25, 0.3) is 0 Å². The van der Waals surface area contributed by atoms with E-state index in [9.17, 15) is 9.59 Å². The molecular weight excluding hydrogens is 186 g/mol. The van der Waals surface area contributed by atoms with Crippen LogP contribution in [-0.4, -0.2) is 28.7 Å². The van der Waals surface area contributed by atoms with E-state index in [1.165, 1.54) is 0 Å². The number of carbonyl (C=O) groups excluding carboxylic acids is 1. The van der Waals surface area contributed by atoms with Crippen molar-refractivity contribution in [3.05, 3.63) is 0 Å². The van der Waals surface area contributed by atoms with E-state index in [-0.39, 0.29) is 0 Å². The van der Waals surface area contributed by atoms with Crippen molar-refractivity contribution in [2.24, 2.45) is 17.6 Å². The van der Waals surface area contributed by atoms with Gasteiger partial charge in [0, 0.05) is 6.04 Å². The van der Waals surface area contributed by atoms with Crippen LogP contribution in [0.3, 0.4) is 0 Å². The summed E-state index contributed by atoms with van der Waals surface area (Å²) in [4.78, 5) is 21.9. The lowest BCUT2D eigenvalue weighted by molar-refractivity contribution is -0.158. The lowest BCUT2D eigenvalue weighted by Crippen LogP contribution is -2.26. The fraction of sp³-hybridized carbons (Fsp3) is 0.778. The van der Waals surface area contributed by atoms with Gasteiger partial charge < -0.3 is 15.6 Å². The zero-order valence-electron chi connectivity index (χ0n) is 8.48. The van der Waals surface area contributed by atoms with E-state index in [1.807, 2.05) is 0 Å². The molecule has 5 nitrogen and oxygen atoms in total. The molecule has 1 fully saturated rings. The number of carbonyl (C=O) groups is 2. The van der Waals surface area contributed by atoms with Crippen LogP contribution >= 0.6 is 0 Å². The second-order valence-corrected chi connectivity index (χ2v) is 4.50. The largest absolute Gasteiger partial charge is 0.481 e. The maximum Gasteiger partial charge on any atom is 0.312 e. The molecule has 0 spiro atoms. The molecule has 1 rings (SSSR count). The van der Waals surface area contributed by atoms with Crippen molar-refractivity contribution in [3.8, 4) is 0 Å². The van der Waals surface area contributed by atoms with E-state index in [2.05, 4.69) is 0 Å². The van der Waals surface area contributed by atoms with Crippen molar-refractivity contribution in [1.29, 1.82) is 0 Å². The summed E-state index contributed by atoms with van der Waals surface area (Å²) < 4.78 is 5.03. The summed E-state index contributed by atoms with van der Waals surface area (Å²) in [6, 6.07) is -0.595. The van der Waals surface area contributed by atoms with Crippen LogP contribution in [0.2, 0.25) is 0 Å². The average Bonchev–Trinajstić information content (AvgIpc) is 2.57. The second-order valence-electron chi connectivity index (χ2n) is 4.50. The zero-order chi connectivity index (χ0) is 11.1. The number of nitrogens with two attached hydrogens (primary N) is 1. The van der Waals surface area contributed by atoms with Gasteiger partial charge in [-0.15, -0.1) is 0 Å². The molecule has 3 atom stereocenters. The number of esters is 1. The summed E-state index contributed by atoms with van der Waals surface area (Å²) in [7, 11) is 0. The van der Waals surface area contributed by atoms with Gasteiger partial charge in [-0.05, 0) is 20.8 Å². The minimum absolute atomic E-state index is 0.516. The third kappa shape index (κ3) is 2.23. The predicted molar refractivity (Wildman–Crippen MR) is 48.4 cm³/mol. The van der Waals surface area contributed by atoms with Crippen molar-refractivity contribution < 1.29 is 19.4 Å². The zero-order valence-corrected chi connectivity index (χ0v) is 8.48. The third-order valence-corrected chi connectivity index (χ3v) is 2.04. The summed E-state index contributed by atoms with van der Waals surface area (Å²) in [5.74, 6) is -3.00. The van der Waals surface area contributed by atoms with Crippen molar-refractivity contribution in [2.75, 3.05) is 0 Å². The lowest BCUT2D eigenvalue weighted by atomic mass is 10.2. The van der Waals surface area contributed by atoms with Crippen LogP contribution < -0.4 is 5.73 Å². The molecule has 3 unspecified atom stereocenters. The molecule has 0 saturated heterocycles. The Kier molecular flexibility index (Phi) is 2.54. The fourth-order valence-electron chi connectivity index (χ4n) is 1.33. The van der Waals surface area contributed by atoms with E-state index in [0.29, 0.717) is 0 Å². The first kappa shape index (κ1) is 11.0. The molecule has 0 aromatic rings. The number of carboxylic acids is 1. The van der Waals surface area contributed by atoms with Crippen LogP contribution in [0.1, 0.15) is 20.8 Å². The molecule has 0 bridgehead atoms. The first-order chi connectivity index (χ1) is 6.24. The Hall–Kier alpha value is -1.10. The van der Waals surface area contributed by atoms with Crippen molar-refractivity contribution in [1.82, 2.24) is 0 Å². The van der Waals surface area contributed by atoms with Crippen molar-refractivity contribution in [3.63, 3.8) is 0 Å². The Morgan fingerprint density at radius 1 is 1.29 bits per heavy atom. The van der Waals surface area contributed by atoms with Gasteiger partial charge >= 0.3 is 11.9 Å². The first-order valence-corrected chi connectivity index (χ1v) is 4.45. The molecule has 0 heterocycles. The minimum Gasteiger partial charge on any atom is -0.481 e. The number of hydrogen-bond donors (Lipinski definition) is 2. The molecule has 80 valence electrons. The molecule has 3 N–H and O–H groups in total. The second kappa shape index (κ2) is 3.24.